The summed E-state index contributed by atoms with van der Waals surface area (Å²) in [7, 11) is 0. The molecule has 3 aromatic rings. The molecule has 0 saturated carbocycles. The van der Waals surface area contributed by atoms with Crippen molar-refractivity contribution in [2.45, 2.75) is 25.4 Å². The number of benzene rings is 3. The van der Waals surface area contributed by atoms with E-state index in [9.17, 15) is 14.4 Å². The molecule has 0 atom stereocenters. The first-order valence-corrected chi connectivity index (χ1v) is 11.8. The number of aromatic carboxylic acids is 1. The monoisotopic (exact) mass is 483 g/mol. The van der Waals surface area contributed by atoms with Crippen LogP contribution in [-0.2, 0) is 11.2 Å². The maximum Gasteiger partial charge on any atom is 0.411 e. The van der Waals surface area contributed by atoms with Gasteiger partial charge in [-0.15, -0.1) is 0 Å². The Morgan fingerprint density at radius 2 is 1.67 bits per heavy atom. The number of aliphatic imine (C=N–C) groups is 1. The molecule has 36 heavy (non-hydrogen) atoms. The molecule has 8 nitrogen and oxygen atoms in total. The maximum absolute atomic E-state index is 13.0. The Kier molecular flexibility index (Phi) is 6.49. The molecular weight excluding hydrogens is 458 g/mol. The summed E-state index contributed by atoms with van der Waals surface area (Å²) in [4.78, 5) is 42.8. The van der Waals surface area contributed by atoms with Crippen LogP contribution in [0, 0.1) is 0 Å². The van der Waals surface area contributed by atoms with E-state index in [-0.39, 0.29) is 17.6 Å². The minimum atomic E-state index is -1.07. The van der Waals surface area contributed by atoms with Gasteiger partial charge in [0, 0.05) is 43.6 Å². The Balaban J connectivity index is 1.12. The molecule has 2 aliphatic heterocycles. The number of ether oxygens (including phenoxy) is 1. The van der Waals surface area contributed by atoms with Gasteiger partial charge in [0.05, 0.1) is 17.0 Å². The van der Waals surface area contributed by atoms with E-state index in [1.807, 2.05) is 42.5 Å². The van der Waals surface area contributed by atoms with Crippen LogP contribution < -0.4 is 5.32 Å². The van der Waals surface area contributed by atoms with E-state index in [4.69, 9.17) is 14.8 Å². The Bertz CT molecular complexity index is 1340. The van der Waals surface area contributed by atoms with Gasteiger partial charge in [0.1, 0.15) is 6.10 Å². The van der Waals surface area contributed by atoms with Crippen molar-refractivity contribution in [3.05, 3.63) is 95.1 Å². The van der Waals surface area contributed by atoms with Gasteiger partial charge in [-0.05, 0) is 47.5 Å². The fourth-order valence-electron chi connectivity index (χ4n) is 4.49. The largest absolute Gasteiger partial charge is 0.478 e. The zero-order chi connectivity index (χ0) is 25.1. The lowest BCUT2D eigenvalue weighted by molar-refractivity contribution is 0.0467. The van der Waals surface area contributed by atoms with E-state index in [2.05, 4.69) is 11.4 Å². The number of carbonyl (C=O) groups excluding carboxylic acids is 2. The Hall–Kier alpha value is -4.46. The molecule has 5 rings (SSSR count). The van der Waals surface area contributed by atoms with Crippen molar-refractivity contribution >= 4 is 35.1 Å². The summed E-state index contributed by atoms with van der Waals surface area (Å²) in [6, 6.07) is 21.6. The number of carbonyl (C=O) groups is 3. The fraction of sp³-hybridized carbons (Fsp3) is 0.214. The normalized spacial score (nSPS) is 15.1. The maximum atomic E-state index is 13.0. The number of hydrogen-bond donors (Lipinski definition) is 2. The molecule has 2 amide bonds. The average molecular weight is 484 g/mol. The number of amides is 2. The summed E-state index contributed by atoms with van der Waals surface area (Å²) in [6.45, 7) is 0.962. The second kappa shape index (κ2) is 10.0. The number of hydrogen-bond acceptors (Lipinski definition) is 5. The molecule has 2 N–H and O–H groups in total. The quantitative estimate of drug-likeness (QED) is 0.536. The number of piperidine rings is 1. The first-order chi connectivity index (χ1) is 17.5. The first kappa shape index (κ1) is 23.3. The number of likely N-dealkylation sites (tertiary alicyclic amines) is 1. The first-order valence-electron chi connectivity index (χ1n) is 11.8. The van der Waals surface area contributed by atoms with E-state index >= 15 is 0 Å². The van der Waals surface area contributed by atoms with Crippen molar-refractivity contribution in [3.63, 3.8) is 0 Å². The molecule has 1 fully saturated rings. The highest BCUT2D eigenvalue weighted by Crippen LogP contribution is 2.28. The van der Waals surface area contributed by atoms with Gasteiger partial charge in [-0.1, -0.05) is 36.4 Å². The van der Waals surface area contributed by atoms with E-state index in [0.717, 1.165) is 23.4 Å². The summed E-state index contributed by atoms with van der Waals surface area (Å²) < 4.78 is 5.48. The van der Waals surface area contributed by atoms with Crippen molar-refractivity contribution in [1.82, 2.24) is 4.90 Å². The van der Waals surface area contributed by atoms with Crippen LogP contribution in [0.15, 0.2) is 77.8 Å². The molecule has 0 unspecified atom stereocenters. The van der Waals surface area contributed by atoms with Crippen LogP contribution >= 0.6 is 0 Å². The van der Waals surface area contributed by atoms with Crippen molar-refractivity contribution < 1.29 is 24.2 Å². The molecule has 0 aromatic heterocycles. The number of nitrogens with zero attached hydrogens (tertiary/aromatic N) is 2. The molecule has 2 heterocycles. The number of nitrogens with one attached hydrogen (secondary N) is 1. The molecule has 182 valence electrons. The third-order valence-electron chi connectivity index (χ3n) is 6.43. The minimum absolute atomic E-state index is 0.0495. The highest BCUT2D eigenvalue weighted by atomic mass is 16.6. The topological polar surface area (TPSA) is 108 Å². The zero-order valence-corrected chi connectivity index (χ0v) is 19.5. The molecule has 3 aromatic carbocycles. The summed E-state index contributed by atoms with van der Waals surface area (Å²) in [5.41, 5.74) is 5.26. The second-order valence-corrected chi connectivity index (χ2v) is 8.85. The SMILES string of the molecule is O=C(Nc1cccc(C(=O)O)c1)OC1CCN(C(=O)c2ccc(C3=Nc4ccccc4C3)cc2)CC1. The van der Waals surface area contributed by atoms with Crippen LogP contribution in [0.5, 0.6) is 0 Å². The Morgan fingerprint density at radius 3 is 2.39 bits per heavy atom. The third-order valence-corrected chi connectivity index (χ3v) is 6.43. The van der Waals surface area contributed by atoms with Gasteiger partial charge >= 0.3 is 12.1 Å². The minimum Gasteiger partial charge on any atom is -0.478 e. The van der Waals surface area contributed by atoms with Crippen molar-refractivity contribution in [1.29, 1.82) is 0 Å². The summed E-state index contributed by atoms with van der Waals surface area (Å²) in [5, 5.41) is 11.6. The molecule has 1 saturated heterocycles. The average Bonchev–Trinajstić information content (AvgIpc) is 3.33. The van der Waals surface area contributed by atoms with E-state index < -0.39 is 12.1 Å². The van der Waals surface area contributed by atoms with Gasteiger partial charge in [-0.3, -0.25) is 15.1 Å². The number of carboxylic acid groups (broad SMARTS) is 1. The summed E-state index contributed by atoms with van der Waals surface area (Å²) >= 11 is 0. The predicted octanol–water partition coefficient (Wildman–Crippen LogP) is 4.92. The van der Waals surface area contributed by atoms with Crippen molar-refractivity contribution in [2.24, 2.45) is 4.99 Å². The molecular formula is C28H25N3O5. The lowest BCUT2D eigenvalue weighted by Crippen LogP contribution is -2.41. The predicted molar refractivity (Wildman–Crippen MR) is 135 cm³/mol. The van der Waals surface area contributed by atoms with Crippen LogP contribution in [0.4, 0.5) is 16.2 Å². The molecule has 0 aliphatic carbocycles. The third kappa shape index (κ3) is 5.12. The molecule has 0 radical (unpaired) electrons. The number of carboxylic acids is 1. The number of rotatable bonds is 5. The van der Waals surface area contributed by atoms with Gasteiger partial charge < -0.3 is 14.7 Å². The van der Waals surface area contributed by atoms with Crippen LogP contribution in [0.2, 0.25) is 0 Å². The van der Waals surface area contributed by atoms with Gasteiger partial charge in [0.25, 0.3) is 5.91 Å². The number of fused-ring (bicyclic) bond motifs is 1. The number of para-hydroxylation sites is 1. The molecule has 8 heteroatoms. The van der Waals surface area contributed by atoms with Crippen LogP contribution in [0.3, 0.4) is 0 Å². The van der Waals surface area contributed by atoms with Gasteiger partial charge in [-0.2, -0.15) is 0 Å². The second-order valence-electron chi connectivity index (χ2n) is 8.85. The van der Waals surface area contributed by atoms with Crippen LogP contribution in [-0.4, -0.2) is 52.9 Å². The highest BCUT2D eigenvalue weighted by molar-refractivity contribution is 6.07. The van der Waals surface area contributed by atoms with Crippen molar-refractivity contribution in [3.8, 4) is 0 Å². The Labute approximate surface area is 208 Å². The van der Waals surface area contributed by atoms with E-state index in [1.54, 1.807) is 17.0 Å². The summed E-state index contributed by atoms with van der Waals surface area (Å²) in [6.07, 6.45) is 0.884. The molecule has 0 spiro atoms. The zero-order valence-electron chi connectivity index (χ0n) is 19.5. The standard InChI is InChI=1S/C28H25N3O5/c32-26(19-10-8-18(9-11-19)25-17-20-4-1-2-7-24(20)30-25)31-14-12-23(13-15-31)36-28(35)29-22-6-3-5-21(16-22)27(33)34/h1-11,16,23H,12-15,17H2,(H,29,35)(H,33,34). The van der Waals surface area contributed by atoms with E-state index in [0.29, 0.717) is 37.2 Å². The summed E-state index contributed by atoms with van der Waals surface area (Å²) in [5.74, 6) is -1.12. The van der Waals surface area contributed by atoms with Gasteiger partial charge in [0.2, 0.25) is 0 Å². The molecule has 2 aliphatic rings. The lowest BCUT2D eigenvalue weighted by Gasteiger charge is -2.31. The van der Waals surface area contributed by atoms with Gasteiger partial charge in [-0.25, -0.2) is 9.59 Å². The van der Waals surface area contributed by atoms with Crippen LogP contribution in [0.25, 0.3) is 0 Å². The lowest BCUT2D eigenvalue weighted by atomic mass is 10.0. The highest BCUT2D eigenvalue weighted by Gasteiger charge is 2.26. The van der Waals surface area contributed by atoms with Crippen LogP contribution in [0.1, 0.15) is 44.7 Å². The smallest absolute Gasteiger partial charge is 0.411 e. The Morgan fingerprint density at radius 1 is 0.917 bits per heavy atom. The molecule has 0 bridgehead atoms. The van der Waals surface area contributed by atoms with E-state index in [1.165, 1.54) is 17.7 Å². The van der Waals surface area contributed by atoms with Crippen molar-refractivity contribution in [2.75, 3.05) is 18.4 Å². The number of anilines is 1. The fourth-order valence-corrected chi connectivity index (χ4v) is 4.49. The van der Waals surface area contributed by atoms with Gasteiger partial charge in [0.15, 0.2) is 0 Å².